The standard InChI is InChI=1S/C24H29F3N4S.C2H6/c1-16(2)32-17(3)19-5-6-20-15-29-23(14-21(20)13-19)30-18(4)31-11-7-22(8-12-31)28-10-9-24(25,26)27;1-2/h5-6,13-15,22,28H,1,3-4,7-12H2,2H3,(H,29,30);1-2H3. The van der Waals surface area contributed by atoms with Crippen molar-refractivity contribution in [3.8, 4) is 0 Å². The number of pyridine rings is 1. The van der Waals surface area contributed by atoms with E-state index in [0.29, 0.717) is 5.82 Å². The van der Waals surface area contributed by atoms with E-state index in [-0.39, 0.29) is 12.6 Å². The van der Waals surface area contributed by atoms with Crippen molar-refractivity contribution in [3.05, 3.63) is 66.5 Å². The van der Waals surface area contributed by atoms with Crippen LogP contribution in [-0.2, 0) is 0 Å². The third-order valence-corrected chi connectivity index (χ3v) is 6.16. The lowest BCUT2D eigenvalue weighted by Crippen LogP contribution is -2.43. The second-order valence-electron chi connectivity index (χ2n) is 8.01. The van der Waals surface area contributed by atoms with Crippen molar-refractivity contribution in [2.45, 2.75) is 52.3 Å². The van der Waals surface area contributed by atoms with E-state index in [2.05, 4.69) is 46.3 Å². The van der Waals surface area contributed by atoms with Crippen LogP contribution in [0.4, 0.5) is 19.0 Å². The Morgan fingerprint density at radius 1 is 1.12 bits per heavy atom. The fourth-order valence-corrected chi connectivity index (χ4v) is 4.32. The van der Waals surface area contributed by atoms with Gasteiger partial charge in [0.15, 0.2) is 0 Å². The molecule has 0 amide bonds. The quantitative estimate of drug-likeness (QED) is 0.382. The second-order valence-corrected chi connectivity index (χ2v) is 9.40. The van der Waals surface area contributed by atoms with E-state index in [1.807, 2.05) is 45.2 Å². The van der Waals surface area contributed by atoms with Crippen molar-refractivity contribution in [1.82, 2.24) is 15.2 Å². The highest BCUT2D eigenvalue weighted by molar-refractivity contribution is 8.11. The van der Waals surface area contributed by atoms with Crippen LogP contribution >= 0.6 is 11.8 Å². The zero-order chi connectivity index (χ0) is 25.3. The number of rotatable bonds is 9. The van der Waals surface area contributed by atoms with Gasteiger partial charge in [-0.05, 0) is 47.8 Å². The second kappa shape index (κ2) is 12.9. The Labute approximate surface area is 205 Å². The number of anilines is 1. The summed E-state index contributed by atoms with van der Waals surface area (Å²) < 4.78 is 36.9. The van der Waals surface area contributed by atoms with E-state index in [0.717, 1.165) is 57.9 Å². The molecule has 2 aromatic rings. The minimum absolute atomic E-state index is 0.0341. The number of hydrogen-bond donors (Lipinski definition) is 2. The minimum atomic E-state index is -4.11. The summed E-state index contributed by atoms with van der Waals surface area (Å²) in [6, 6.07) is 8.22. The molecular weight excluding hydrogens is 457 g/mol. The summed E-state index contributed by atoms with van der Waals surface area (Å²) >= 11 is 1.55. The summed E-state index contributed by atoms with van der Waals surface area (Å²) in [5.41, 5.74) is 1.04. The first kappa shape index (κ1) is 27.8. The van der Waals surface area contributed by atoms with Gasteiger partial charge in [0.05, 0.1) is 12.2 Å². The Hall–Kier alpha value is -2.45. The molecule has 1 fully saturated rings. The van der Waals surface area contributed by atoms with Crippen LogP contribution in [0.2, 0.25) is 0 Å². The number of alkyl halides is 3. The van der Waals surface area contributed by atoms with Crippen LogP contribution in [0.1, 0.15) is 45.6 Å². The number of fused-ring (bicyclic) bond motifs is 1. The van der Waals surface area contributed by atoms with E-state index in [1.165, 1.54) is 0 Å². The van der Waals surface area contributed by atoms with Crippen molar-refractivity contribution < 1.29 is 13.2 Å². The number of benzene rings is 1. The van der Waals surface area contributed by atoms with Gasteiger partial charge in [0.2, 0.25) is 0 Å². The summed E-state index contributed by atoms with van der Waals surface area (Å²) in [7, 11) is 0. The summed E-state index contributed by atoms with van der Waals surface area (Å²) in [6.45, 7) is 19.6. The lowest BCUT2D eigenvalue weighted by molar-refractivity contribution is -0.133. The van der Waals surface area contributed by atoms with Gasteiger partial charge in [-0.25, -0.2) is 4.98 Å². The van der Waals surface area contributed by atoms with Crippen LogP contribution in [0.5, 0.6) is 0 Å². The topological polar surface area (TPSA) is 40.2 Å². The summed E-state index contributed by atoms with van der Waals surface area (Å²) in [5, 5.41) is 8.36. The maximum atomic E-state index is 12.3. The average Bonchev–Trinajstić information content (AvgIpc) is 2.79. The first-order valence-electron chi connectivity index (χ1n) is 11.5. The van der Waals surface area contributed by atoms with Gasteiger partial charge in [-0.15, -0.1) is 0 Å². The molecule has 4 nitrogen and oxygen atoms in total. The van der Waals surface area contributed by atoms with E-state index in [4.69, 9.17) is 0 Å². The number of hydrogen-bond acceptors (Lipinski definition) is 5. The Balaban J connectivity index is 0.00000199. The Morgan fingerprint density at radius 3 is 2.41 bits per heavy atom. The molecule has 34 heavy (non-hydrogen) atoms. The van der Waals surface area contributed by atoms with E-state index in [1.54, 1.807) is 11.8 Å². The third-order valence-electron chi connectivity index (χ3n) is 5.33. The van der Waals surface area contributed by atoms with Crippen molar-refractivity contribution in [2.75, 3.05) is 25.0 Å². The molecule has 186 valence electrons. The highest BCUT2D eigenvalue weighted by atomic mass is 32.2. The molecule has 2 heterocycles. The van der Waals surface area contributed by atoms with Crippen molar-refractivity contribution in [2.24, 2.45) is 0 Å². The fourth-order valence-electron chi connectivity index (χ4n) is 3.65. The zero-order valence-corrected chi connectivity index (χ0v) is 21.1. The van der Waals surface area contributed by atoms with Gasteiger partial charge >= 0.3 is 6.18 Å². The highest BCUT2D eigenvalue weighted by Gasteiger charge is 2.27. The normalized spacial score (nSPS) is 14.4. The van der Waals surface area contributed by atoms with Gasteiger partial charge in [0.25, 0.3) is 0 Å². The lowest BCUT2D eigenvalue weighted by Gasteiger charge is -2.35. The molecule has 2 N–H and O–H groups in total. The maximum Gasteiger partial charge on any atom is 0.390 e. The first-order valence-corrected chi connectivity index (χ1v) is 12.4. The zero-order valence-electron chi connectivity index (χ0n) is 20.3. The van der Waals surface area contributed by atoms with Gasteiger partial charge < -0.3 is 15.5 Å². The van der Waals surface area contributed by atoms with Gasteiger partial charge in [-0.3, -0.25) is 0 Å². The molecule has 0 aliphatic carbocycles. The molecule has 0 radical (unpaired) electrons. The molecule has 1 aliphatic heterocycles. The molecule has 0 saturated carbocycles. The summed E-state index contributed by atoms with van der Waals surface area (Å²) in [6.07, 6.45) is -1.54. The molecule has 0 bridgehead atoms. The highest BCUT2D eigenvalue weighted by Crippen LogP contribution is 2.32. The minimum Gasteiger partial charge on any atom is -0.359 e. The Bertz CT molecular complexity index is 995. The number of allylic oxidation sites excluding steroid dienone is 1. The van der Waals surface area contributed by atoms with Gasteiger partial charge in [0.1, 0.15) is 5.82 Å². The molecule has 8 heteroatoms. The van der Waals surface area contributed by atoms with Gasteiger partial charge in [0, 0.05) is 42.2 Å². The molecule has 1 aromatic carbocycles. The largest absolute Gasteiger partial charge is 0.390 e. The number of likely N-dealkylation sites (tertiary alicyclic amines) is 1. The van der Waals surface area contributed by atoms with Crippen LogP contribution in [0.3, 0.4) is 0 Å². The average molecular weight is 493 g/mol. The van der Waals surface area contributed by atoms with Crippen molar-refractivity contribution >= 4 is 33.3 Å². The molecule has 1 aromatic heterocycles. The third kappa shape index (κ3) is 8.72. The fraction of sp³-hybridized carbons (Fsp3) is 0.423. The number of thioether (sulfide) groups is 1. The SMILES string of the molecule is C=C(C)SC(=C)c1ccc2cnc(NC(=C)N3CCC(NCCC(F)(F)F)CC3)cc2c1.CC. The predicted molar refractivity (Wildman–Crippen MR) is 141 cm³/mol. The molecule has 1 saturated heterocycles. The number of piperidine rings is 1. The molecule has 1 aliphatic rings. The molecule has 3 rings (SSSR count). The molecule has 0 atom stereocenters. The van der Waals surface area contributed by atoms with Crippen molar-refractivity contribution in [1.29, 1.82) is 0 Å². The van der Waals surface area contributed by atoms with E-state index >= 15 is 0 Å². The van der Waals surface area contributed by atoms with Crippen LogP contribution < -0.4 is 10.6 Å². The number of nitrogens with one attached hydrogen (secondary N) is 2. The van der Waals surface area contributed by atoms with Crippen LogP contribution in [0.25, 0.3) is 15.7 Å². The summed E-state index contributed by atoms with van der Waals surface area (Å²) in [4.78, 5) is 8.53. The van der Waals surface area contributed by atoms with Crippen LogP contribution in [0, 0.1) is 0 Å². The molecule has 0 spiro atoms. The number of nitrogens with zero attached hydrogens (tertiary/aromatic N) is 2. The van der Waals surface area contributed by atoms with Crippen molar-refractivity contribution in [3.63, 3.8) is 0 Å². The van der Waals surface area contributed by atoms with Crippen LogP contribution in [-0.4, -0.2) is 41.7 Å². The van der Waals surface area contributed by atoms with E-state index < -0.39 is 12.6 Å². The smallest absolute Gasteiger partial charge is 0.359 e. The predicted octanol–water partition coefficient (Wildman–Crippen LogP) is 7.39. The number of halogens is 3. The first-order chi connectivity index (χ1) is 16.1. The lowest BCUT2D eigenvalue weighted by atomic mass is 10.1. The molecule has 0 unspecified atom stereocenters. The molecular formula is C26H35F3N4S. The summed E-state index contributed by atoms with van der Waals surface area (Å²) in [5.74, 6) is 1.44. The Kier molecular flexibility index (Phi) is 10.5. The number of aromatic nitrogens is 1. The monoisotopic (exact) mass is 492 g/mol. The van der Waals surface area contributed by atoms with Gasteiger partial charge in [-0.2, -0.15) is 13.2 Å². The van der Waals surface area contributed by atoms with E-state index in [9.17, 15) is 13.2 Å². The Morgan fingerprint density at radius 2 is 1.79 bits per heavy atom. The van der Waals surface area contributed by atoms with Crippen LogP contribution in [0.15, 0.2) is 60.9 Å². The van der Waals surface area contributed by atoms with Gasteiger partial charge in [-0.1, -0.05) is 57.5 Å². The maximum absolute atomic E-state index is 12.3.